The Kier molecular flexibility index (Phi) is 6.56. The number of nitrogens with two attached hydrogens (primary N) is 1. The van der Waals surface area contributed by atoms with Gasteiger partial charge in [0.05, 0.1) is 17.9 Å². The number of amides is 2. The number of nitrogens with zero attached hydrogens (tertiary/aromatic N) is 5. The highest BCUT2D eigenvalue weighted by Gasteiger charge is 2.53. The van der Waals surface area contributed by atoms with Crippen molar-refractivity contribution < 1.29 is 28.9 Å². The number of nitrogens with one attached hydrogen (secondary N) is 1. The van der Waals surface area contributed by atoms with Crippen molar-refractivity contribution in [3.8, 4) is 0 Å². The molecular weight excluding hydrogens is 542 g/mol. The monoisotopic (exact) mass is 561 g/mol. The fourth-order valence-corrected chi connectivity index (χ4v) is 6.63. The van der Waals surface area contributed by atoms with Crippen molar-refractivity contribution in [1.82, 2.24) is 19.6 Å². The Balaban J connectivity index is 1.38. The average Bonchev–Trinajstić information content (AvgIpc) is 3.48. The van der Waals surface area contributed by atoms with Crippen LogP contribution in [0, 0.1) is 6.92 Å². The molecule has 0 bridgehead atoms. The number of aryl methyl sites for hydroxylation is 1. The van der Waals surface area contributed by atoms with Crippen LogP contribution in [0.5, 0.6) is 0 Å². The van der Waals surface area contributed by atoms with Crippen LogP contribution in [0.2, 0.25) is 4.34 Å². The molecule has 2 aliphatic heterocycles. The summed E-state index contributed by atoms with van der Waals surface area (Å²) in [6.07, 6.45) is 5.65. The number of halogens is 1. The van der Waals surface area contributed by atoms with Gasteiger partial charge in [0.15, 0.2) is 23.6 Å². The van der Waals surface area contributed by atoms with Crippen LogP contribution in [-0.4, -0.2) is 62.1 Å². The first-order valence-electron chi connectivity index (χ1n) is 10.9. The van der Waals surface area contributed by atoms with Crippen LogP contribution in [0.3, 0.4) is 0 Å². The lowest BCUT2D eigenvalue weighted by molar-refractivity contribution is -0.694. The molecule has 3 aromatic heterocycles. The van der Waals surface area contributed by atoms with E-state index in [4.69, 9.17) is 22.2 Å². The number of thioether (sulfide) groups is 1. The molecule has 1 fully saturated rings. The molecule has 0 saturated carbocycles. The quantitative estimate of drug-likeness (QED) is 0.172. The third kappa shape index (κ3) is 4.30. The second-order valence-electron chi connectivity index (χ2n) is 8.21. The van der Waals surface area contributed by atoms with Gasteiger partial charge in [-0.15, -0.1) is 11.8 Å². The van der Waals surface area contributed by atoms with Gasteiger partial charge in [0.2, 0.25) is 5.69 Å². The number of carbonyl (C=O) groups is 3. The van der Waals surface area contributed by atoms with E-state index in [1.54, 1.807) is 0 Å². The summed E-state index contributed by atoms with van der Waals surface area (Å²) in [5.74, 6) is -2.46. The van der Waals surface area contributed by atoms with Crippen LogP contribution in [0.4, 0.5) is 5.13 Å². The van der Waals surface area contributed by atoms with Crippen molar-refractivity contribution in [1.29, 1.82) is 0 Å². The fourth-order valence-electron chi connectivity index (χ4n) is 4.37. The molecule has 0 unspecified atom stereocenters. The molecule has 2 atom stereocenters. The molecule has 2 aliphatic rings. The summed E-state index contributed by atoms with van der Waals surface area (Å²) in [5.41, 5.74) is 7.72. The molecule has 3 N–H and O–H groups in total. The molecule has 0 aliphatic carbocycles. The predicted molar refractivity (Wildman–Crippen MR) is 134 cm³/mol. The van der Waals surface area contributed by atoms with Gasteiger partial charge in [0.1, 0.15) is 34.1 Å². The van der Waals surface area contributed by atoms with E-state index in [2.05, 4.69) is 15.5 Å². The maximum Gasteiger partial charge on any atom is 0.276 e. The standard InChI is InChI=1S/C22H20ClN7O5S2/c1-10-12-4-3-5-28(12)6-7-29(10)8-11-9-36-20-15(19(32)30(20)16(11)21(33)34)25-18(31)14(27-35-2)13-17(23)37-22(24)26-13/h3-7,15,20H,8-9H2,1-2H3,(H3-,24,25,26,31,33,34)/b27-14-/t15-,20+/m1/s1. The first kappa shape index (κ1) is 25.0. The van der Waals surface area contributed by atoms with Crippen molar-refractivity contribution in [3.63, 3.8) is 0 Å². The second kappa shape index (κ2) is 9.68. The number of thiazole rings is 1. The first-order chi connectivity index (χ1) is 17.7. The van der Waals surface area contributed by atoms with Crippen molar-refractivity contribution in [3.05, 3.63) is 57.7 Å². The number of hydrogen-bond acceptors (Lipinski definition) is 10. The van der Waals surface area contributed by atoms with Crippen molar-refractivity contribution >= 4 is 68.8 Å². The van der Waals surface area contributed by atoms with E-state index in [-0.39, 0.29) is 33.1 Å². The number of carboxylic acid groups (broad SMARTS) is 1. The van der Waals surface area contributed by atoms with Gasteiger partial charge in [-0.2, -0.15) is 4.57 Å². The highest BCUT2D eigenvalue weighted by molar-refractivity contribution is 8.00. The average molecular weight is 562 g/mol. The smallest absolute Gasteiger partial charge is 0.276 e. The number of aromatic nitrogens is 3. The Morgan fingerprint density at radius 1 is 1.43 bits per heavy atom. The summed E-state index contributed by atoms with van der Waals surface area (Å²) in [6.45, 7) is 2.21. The summed E-state index contributed by atoms with van der Waals surface area (Å²) < 4.78 is 4.02. The Labute approximate surface area is 223 Å². The van der Waals surface area contributed by atoms with Crippen LogP contribution < -0.4 is 20.7 Å². The summed E-state index contributed by atoms with van der Waals surface area (Å²) >= 11 is 8.42. The van der Waals surface area contributed by atoms with E-state index in [9.17, 15) is 19.5 Å². The van der Waals surface area contributed by atoms with Gasteiger partial charge < -0.3 is 30.2 Å². The van der Waals surface area contributed by atoms with E-state index in [0.29, 0.717) is 11.3 Å². The number of rotatable bonds is 7. The lowest BCUT2D eigenvalue weighted by Gasteiger charge is -2.50. The van der Waals surface area contributed by atoms with Gasteiger partial charge in [-0.05, 0) is 12.1 Å². The predicted octanol–water partition coefficient (Wildman–Crippen LogP) is -0.318. The Morgan fingerprint density at radius 2 is 2.22 bits per heavy atom. The van der Waals surface area contributed by atoms with Gasteiger partial charge in [0, 0.05) is 24.4 Å². The molecule has 5 rings (SSSR count). The zero-order chi connectivity index (χ0) is 26.4. The van der Waals surface area contributed by atoms with Crippen LogP contribution in [-0.2, 0) is 25.8 Å². The normalized spacial score (nSPS) is 19.6. The molecule has 3 aromatic rings. The zero-order valence-corrected chi connectivity index (χ0v) is 21.9. The largest absolute Gasteiger partial charge is 0.543 e. The minimum atomic E-state index is -1.45. The molecule has 0 aromatic carbocycles. The van der Waals surface area contributed by atoms with Crippen LogP contribution >= 0.6 is 34.7 Å². The lowest BCUT2D eigenvalue weighted by Crippen LogP contribution is -2.71. The lowest BCUT2D eigenvalue weighted by atomic mass is 10.0. The molecule has 5 heterocycles. The fraction of sp³-hybridized carbons (Fsp3) is 0.273. The number of oxime groups is 1. The first-order valence-corrected chi connectivity index (χ1v) is 13.1. The SMILES string of the molecule is CO/N=C(\C(=O)N[C@@H]1C(=O)N2C(C(=O)[O-])=C(C[n+]3ccn4cccc4c3C)CS[C@@H]12)c1nc(N)sc1Cl. The van der Waals surface area contributed by atoms with Gasteiger partial charge >= 0.3 is 0 Å². The number of hydrogen-bond donors (Lipinski definition) is 2. The topological polar surface area (TPSA) is 158 Å². The minimum absolute atomic E-state index is 0.0217. The van der Waals surface area contributed by atoms with E-state index >= 15 is 0 Å². The van der Waals surface area contributed by atoms with Crippen LogP contribution in [0.25, 0.3) is 5.52 Å². The maximum absolute atomic E-state index is 13.1. The van der Waals surface area contributed by atoms with Crippen molar-refractivity contribution in [2.75, 3.05) is 18.6 Å². The van der Waals surface area contributed by atoms with E-state index in [1.807, 2.05) is 46.6 Å². The molecular formula is C22H20ClN7O5S2. The second-order valence-corrected chi connectivity index (χ2v) is 10.9. The van der Waals surface area contributed by atoms with E-state index in [0.717, 1.165) is 27.4 Å². The van der Waals surface area contributed by atoms with Crippen molar-refractivity contribution in [2.45, 2.75) is 24.9 Å². The van der Waals surface area contributed by atoms with Crippen molar-refractivity contribution in [2.24, 2.45) is 5.16 Å². The summed E-state index contributed by atoms with van der Waals surface area (Å²) in [7, 11) is 1.25. The third-order valence-electron chi connectivity index (χ3n) is 6.10. The number of carbonyl (C=O) groups excluding carboxylic acids is 3. The molecule has 15 heteroatoms. The van der Waals surface area contributed by atoms with E-state index < -0.39 is 29.2 Å². The highest BCUT2D eigenvalue weighted by atomic mass is 35.5. The van der Waals surface area contributed by atoms with E-state index in [1.165, 1.54) is 18.9 Å². The molecule has 1 saturated heterocycles. The number of anilines is 1. The van der Waals surface area contributed by atoms with Crippen LogP contribution in [0.1, 0.15) is 11.4 Å². The summed E-state index contributed by atoms with van der Waals surface area (Å²) in [6, 6.07) is 2.90. The molecule has 37 heavy (non-hydrogen) atoms. The minimum Gasteiger partial charge on any atom is -0.543 e. The third-order valence-corrected chi connectivity index (χ3v) is 8.52. The molecule has 12 nitrogen and oxygen atoms in total. The Hall–Kier alpha value is -3.62. The maximum atomic E-state index is 13.1. The summed E-state index contributed by atoms with van der Waals surface area (Å²) in [4.78, 5) is 48.1. The molecule has 192 valence electrons. The van der Waals surface area contributed by atoms with Gasteiger partial charge in [-0.1, -0.05) is 28.1 Å². The Morgan fingerprint density at radius 3 is 2.89 bits per heavy atom. The van der Waals surface area contributed by atoms with Crippen LogP contribution in [0.15, 0.2) is 47.1 Å². The number of β-lactam (4-membered cyclic amide) rings is 1. The van der Waals surface area contributed by atoms with Gasteiger partial charge in [-0.3, -0.25) is 14.5 Å². The zero-order valence-electron chi connectivity index (χ0n) is 19.5. The molecule has 0 spiro atoms. The van der Waals surface area contributed by atoms with Gasteiger partial charge in [0.25, 0.3) is 11.8 Å². The number of carboxylic acids is 1. The van der Waals surface area contributed by atoms with Gasteiger partial charge in [-0.25, -0.2) is 4.98 Å². The number of aliphatic carboxylic acids is 1. The molecule has 0 radical (unpaired) electrons. The molecule has 2 amide bonds. The number of fused-ring (bicyclic) bond motifs is 2. The number of nitrogen functional groups attached to an aromatic ring is 1. The summed E-state index contributed by atoms with van der Waals surface area (Å²) in [5, 5.41) is 17.9. The Bertz CT molecular complexity index is 1510. The highest BCUT2D eigenvalue weighted by Crippen LogP contribution is 2.40.